The molecule has 0 aliphatic carbocycles. The Morgan fingerprint density at radius 1 is 1.04 bits per heavy atom. The number of allylic oxidation sites excluding steroid dienone is 1. The zero-order valence-electron chi connectivity index (χ0n) is 12.0. The molecule has 0 amide bonds. The van der Waals surface area contributed by atoms with Crippen molar-refractivity contribution < 1.29 is 0 Å². The van der Waals surface area contributed by atoms with Gasteiger partial charge >= 0.3 is 0 Å². The van der Waals surface area contributed by atoms with Crippen LogP contribution in [0.15, 0.2) is 31.7 Å². The first-order valence-electron chi connectivity index (χ1n) is 6.30. The van der Waals surface area contributed by atoms with Crippen molar-refractivity contribution in [1.82, 2.24) is 19.9 Å². The molecule has 0 fully saturated rings. The molecule has 0 bridgehead atoms. The minimum Gasteiger partial charge on any atom is -0.231 e. The molecule has 7 nitrogen and oxygen atoms in total. The molecule has 24 heavy (non-hydrogen) atoms. The van der Waals surface area contributed by atoms with E-state index in [1.807, 2.05) is 18.4 Å². The molecule has 0 aromatic carbocycles. The topological polar surface area (TPSA) is 123 Å². The molecule has 0 atom stereocenters. The van der Waals surface area contributed by atoms with Crippen LogP contribution in [0, 0.1) is 34.0 Å². The van der Waals surface area contributed by atoms with E-state index in [1.165, 1.54) is 35.3 Å². The Kier molecular flexibility index (Phi) is 4.68. The van der Waals surface area contributed by atoms with Crippen LogP contribution in [0.3, 0.4) is 0 Å². The Hall–Kier alpha value is -2.58. The van der Waals surface area contributed by atoms with Crippen LogP contribution in [-0.2, 0) is 0 Å². The first kappa shape index (κ1) is 16.3. The van der Waals surface area contributed by atoms with Crippen LogP contribution in [0.25, 0.3) is 5.57 Å². The van der Waals surface area contributed by atoms with Crippen LogP contribution in [0.2, 0.25) is 0 Å². The van der Waals surface area contributed by atoms with E-state index in [9.17, 15) is 5.26 Å². The number of thioether (sulfide) groups is 3. The summed E-state index contributed by atoms with van der Waals surface area (Å²) in [5, 5.41) is 29.2. The molecule has 0 saturated heterocycles. The third kappa shape index (κ3) is 2.93. The lowest BCUT2D eigenvalue weighted by Crippen LogP contribution is -1.96. The maximum absolute atomic E-state index is 9.54. The summed E-state index contributed by atoms with van der Waals surface area (Å²) in [6.07, 6.45) is 3.45. The molecule has 0 unspecified atom stereocenters. The van der Waals surface area contributed by atoms with Gasteiger partial charge in [-0.2, -0.15) is 15.8 Å². The van der Waals surface area contributed by atoms with E-state index in [0.29, 0.717) is 30.7 Å². The number of nitrogens with zero attached hydrogens (tertiary/aromatic N) is 7. The summed E-state index contributed by atoms with van der Waals surface area (Å²) in [5.74, 6) is 0. The predicted molar refractivity (Wildman–Crippen MR) is 89.5 cm³/mol. The molecule has 3 rings (SSSR count). The number of hydrogen-bond acceptors (Lipinski definition) is 10. The van der Waals surface area contributed by atoms with Crippen molar-refractivity contribution in [3.05, 3.63) is 33.6 Å². The molecule has 1 aliphatic heterocycles. The van der Waals surface area contributed by atoms with Gasteiger partial charge in [0.2, 0.25) is 0 Å². The number of fused-ring (bicyclic) bond motifs is 1. The lowest BCUT2D eigenvalue weighted by Gasteiger charge is -2.02. The van der Waals surface area contributed by atoms with Crippen LogP contribution in [-0.4, -0.2) is 26.2 Å². The van der Waals surface area contributed by atoms with Crippen LogP contribution < -0.4 is 0 Å². The summed E-state index contributed by atoms with van der Waals surface area (Å²) in [6.45, 7) is 0. The van der Waals surface area contributed by atoms with Gasteiger partial charge in [-0.25, -0.2) is 19.9 Å². The Morgan fingerprint density at radius 2 is 1.67 bits per heavy atom. The van der Waals surface area contributed by atoms with Crippen LogP contribution in [0.1, 0.15) is 17.1 Å². The Balaban J connectivity index is 2.07. The van der Waals surface area contributed by atoms with Gasteiger partial charge in [-0.3, -0.25) is 0 Å². The van der Waals surface area contributed by atoms with Crippen molar-refractivity contribution >= 4 is 40.9 Å². The minimum atomic E-state index is -0.0178. The molecule has 0 N–H and O–H groups in total. The van der Waals surface area contributed by atoms with Crippen molar-refractivity contribution in [1.29, 1.82) is 15.8 Å². The molecule has 2 aromatic heterocycles. The highest BCUT2D eigenvalue weighted by Gasteiger charge is 2.27. The summed E-state index contributed by atoms with van der Waals surface area (Å²) in [5.41, 5.74) is 0.867. The van der Waals surface area contributed by atoms with Gasteiger partial charge in [0.1, 0.15) is 28.3 Å². The molecular weight excluding hydrogens is 362 g/mol. The van der Waals surface area contributed by atoms with Gasteiger partial charge in [0.05, 0.1) is 15.5 Å². The number of rotatable bonds is 2. The zero-order valence-corrected chi connectivity index (χ0v) is 14.5. The van der Waals surface area contributed by atoms with E-state index in [1.54, 1.807) is 12.3 Å². The van der Waals surface area contributed by atoms with E-state index in [2.05, 4.69) is 26.0 Å². The standard InChI is InChI=1S/C14H5N7S3/c1-22-14-18-3-2-8(21-14)7(4-15)13-23-11-12(24-13)20-10(6-17)9(5-16)19-11/h2-3H,1H3. The van der Waals surface area contributed by atoms with Gasteiger partial charge in [-0.1, -0.05) is 35.3 Å². The van der Waals surface area contributed by atoms with E-state index in [0.717, 1.165) is 0 Å². The first-order chi connectivity index (χ1) is 11.7. The highest BCUT2D eigenvalue weighted by atomic mass is 32.2. The minimum absolute atomic E-state index is 0.0178. The fourth-order valence-corrected chi connectivity index (χ4v) is 4.42. The Bertz CT molecular complexity index is 950. The Labute approximate surface area is 149 Å². The predicted octanol–water partition coefficient (Wildman–Crippen LogP) is 2.82. The summed E-state index contributed by atoms with van der Waals surface area (Å²) >= 11 is 3.88. The summed E-state index contributed by atoms with van der Waals surface area (Å²) in [7, 11) is 0. The summed E-state index contributed by atoms with van der Waals surface area (Å²) in [4.78, 5) is 16.7. The highest BCUT2D eigenvalue weighted by molar-refractivity contribution is 8.24. The maximum atomic E-state index is 9.54. The van der Waals surface area contributed by atoms with Gasteiger partial charge in [-0.05, 0) is 12.3 Å². The zero-order chi connectivity index (χ0) is 17.1. The Morgan fingerprint density at radius 3 is 2.17 bits per heavy atom. The SMILES string of the molecule is CSc1nccc(C(C#N)=C2Sc3nc(C#N)c(C#N)nc3S2)n1. The molecule has 3 heterocycles. The van der Waals surface area contributed by atoms with Crippen LogP contribution >= 0.6 is 35.3 Å². The van der Waals surface area contributed by atoms with Crippen molar-refractivity contribution in [3.8, 4) is 18.2 Å². The number of nitriles is 3. The molecule has 1 aliphatic rings. The molecule has 10 heteroatoms. The second-order valence-corrected chi connectivity index (χ2v) is 7.19. The van der Waals surface area contributed by atoms with Crippen molar-refractivity contribution in [3.63, 3.8) is 0 Å². The van der Waals surface area contributed by atoms with Crippen molar-refractivity contribution in [2.75, 3.05) is 6.26 Å². The van der Waals surface area contributed by atoms with Crippen LogP contribution in [0.4, 0.5) is 0 Å². The van der Waals surface area contributed by atoms with Gasteiger partial charge in [0, 0.05) is 6.20 Å². The van der Waals surface area contributed by atoms with E-state index in [-0.39, 0.29) is 11.4 Å². The molecule has 0 spiro atoms. The average molecular weight is 367 g/mol. The first-order valence-corrected chi connectivity index (χ1v) is 9.15. The van der Waals surface area contributed by atoms with E-state index >= 15 is 0 Å². The second kappa shape index (κ2) is 6.90. The smallest absolute Gasteiger partial charge is 0.187 e. The second-order valence-electron chi connectivity index (χ2n) is 4.16. The van der Waals surface area contributed by atoms with Gasteiger partial charge in [0.15, 0.2) is 16.5 Å². The van der Waals surface area contributed by atoms with E-state index in [4.69, 9.17) is 10.5 Å². The molecule has 0 saturated carbocycles. The molecular formula is C14H5N7S3. The van der Waals surface area contributed by atoms with Crippen LogP contribution in [0.5, 0.6) is 0 Å². The summed E-state index contributed by atoms with van der Waals surface area (Å²) < 4.78 is 0.664. The van der Waals surface area contributed by atoms with Gasteiger partial charge in [-0.15, -0.1) is 0 Å². The normalized spacial score (nSPS) is 12.0. The van der Waals surface area contributed by atoms with Gasteiger partial charge < -0.3 is 0 Å². The third-order valence-electron chi connectivity index (χ3n) is 2.81. The lowest BCUT2D eigenvalue weighted by atomic mass is 10.2. The molecule has 0 radical (unpaired) electrons. The number of aromatic nitrogens is 4. The number of hydrogen-bond donors (Lipinski definition) is 0. The van der Waals surface area contributed by atoms with E-state index < -0.39 is 0 Å². The van der Waals surface area contributed by atoms with Gasteiger partial charge in [0.25, 0.3) is 0 Å². The monoisotopic (exact) mass is 367 g/mol. The molecule has 2 aromatic rings. The quantitative estimate of drug-likeness (QED) is 0.444. The third-order valence-corrected chi connectivity index (χ3v) is 5.74. The summed E-state index contributed by atoms with van der Waals surface area (Å²) in [6, 6.07) is 7.54. The van der Waals surface area contributed by atoms with Crippen molar-refractivity contribution in [2.45, 2.75) is 15.2 Å². The molecule has 114 valence electrons. The van der Waals surface area contributed by atoms with Crippen molar-refractivity contribution in [2.24, 2.45) is 0 Å². The fourth-order valence-electron chi connectivity index (χ4n) is 1.78. The lowest BCUT2D eigenvalue weighted by molar-refractivity contribution is 0.902. The maximum Gasteiger partial charge on any atom is 0.187 e. The fraction of sp³-hybridized carbons (Fsp3) is 0.0714. The highest BCUT2D eigenvalue weighted by Crippen LogP contribution is 2.51. The largest absolute Gasteiger partial charge is 0.231 e. The average Bonchev–Trinajstić information content (AvgIpc) is 3.03.